The van der Waals surface area contributed by atoms with Crippen LogP contribution in [-0.2, 0) is 19.1 Å². The first-order chi connectivity index (χ1) is 15.2. The van der Waals surface area contributed by atoms with Crippen molar-refractivity contribution in [3.8, 4) is 0 Å². The van der Waals surface area contributed by atoms with E-state index in [0.29, 0.717) is 26.1 Å². The van der Waals surface area contributed by atoms with Gasteiger partial charge in [-0.3, -0.25) is 9.59 Å². The molecule has 1 fully saturated rings. The molecule has 0 aromatic heterocycles. The van der Waals surface area contributed by atoms with Crippen LogP contribution in [0.1, 0.15) is 142 Å². The van der Waals surface area contributed by atoms with E-state index in [9.17, 15) is 9.59 Å². The lowest BCUT2D eigenvalue weighted by Crippen LogP contribution is -2.30. The molecule has 4 nitrogen and oxygen atoms in total. The third-order valence-electron chi connectivity index (χ3n) is 6.49. The van der Waals surface area contributed by atoms with Crippen molar-refractivity contribution in [2.75, 3.05) is 13.2 Å². The van der Waals surface area contributed by atoms with Crippen molar-refractivity contribution in [1.29, 1.82) is 0 Å². The van der Waals surface area contributed by atoms with Crippen molar-refractivity contribution in [2.24, 2.45) is 5.41 Å². The van der Waals surface area contributed by atoms with Crippen LogP contribution in [0.2, 0.25) is 0 Å². The number of hydrogen-bond acceptors (Lipinski definition) is 4. The third kappa shape index (κ3) is 13.2. The van der Waals surface area contributed by atoms with Crippen molar-refractivity contribution in [2.45, 2.75) is 142 Å². The number of carbonyl (C=O) groups excluding carboxylic acids is 2. The van der Waals surface area contributed by atoms with E-state index < -0.39 is 5.41 Å². The van der Waals surface area contributed by atoms with Gasteiger partial charge in [0.15, 0.2) is 5.41 Å². The Morgan fingerprint density at radius 2 is 0.806 bits per heavy atom. The molecule has 0 amide bonds. The van der Waals surface area contributed by atoms with E-state index in [2.05, 4.69) is 13.8 Å². The number of carbonyl (C=O) groups is 2. The van der Waals surface area contributed by atoms with Crippen molar-refractivity contribution in [3.05, 3.63) is 0 Å². The molecule has 1 rings (SSSR count). The first-order valence-corrected chi connectivity index (χ1v) is 13.5. The average molecular weight is 439 g/mol. The van der Waals surface area contributed by atoms with E-state index in [0.717, 1.165) is 25.7 Å². The van der Waals surface area contributed by atoms with Gasteiger partial charge in [0, 0.05) is 0 Å². The van der Waals surface area contributed by atoms with Gasteiger partial charge < -0.3 is 9.47 Å². The molecule has 1 aliphatic rings. The maximum Gasteiger partial charge on any atom is 0.323 e. The Balaban J connectivity index is 1.98. The Morgan fingerprint density at radius 3 is 1.10 bits per heavy atom. The lowest BCUT2D eigenvalue weighted by atomic mass is 10.1. The monoisotopic (exact) mass is 438 g/mol. The van der Waals surface area contributed by atoms with Gasteiger partial charge in [0.25, 0.3) is 0 Å². The predicted molar refractivity (Wildman–Crippen MR) is 128 cm³/mol. The van der Waals surface area contributed by atoms with Gasteiger partial charge in [-0.25, -0.2) is 0 Å². The highest BCUT2D eigenvalue weighted by Crippen LogP contribution is 2.48. The lowest BCUT2D eigenvalue weighted by molar-refractivity contribution is -0.164. The molecule has 0 bridgehead atoms. The second kappa shape index (κ2) is 18.5. The Hall–Kier alpha value is -1.06. The number of unbranched alkanes of at least 4 members (excludes halogenated alkanes) is 16. The molecule has 0 aliphatic heterocycles. The SMILES string of the molecule is CCCCCCCCCCCOC(=O)C1(C(=O)OCCCCCCCCCCC)CC1. The molecule has 1 saturated carbocycles. The number of esters is 2. The van der Waals surface area contributed by atoms with E-state index >= 15 is 0 Å². The van der Waals surface area contributed by atoms with Gasteiger partial charge in [-0.15, -0.1) is 0 Å². The van der Waals surface area contributed by atoms with Crippen molar-refractivity contribution in [3.63, 3.8) is 0 Å². The van der Waals surface area contributed by atoms with Crippen LogP contribution in [0.4, 0.5) is 0 Å². The molecule has 0 N–H and O–H groups in total. The minimum atomic E-state index is -0.974. The van der Waals surface area contributed by atoms with E-state index in [1.54, 1.807) is 0 Å². The van der Waals surface area contributed by atoms with Crippen molar-refractivity contribution >= 4 is 11.9 Å². The minimum absolute atomic E-state index is 0.357. The maximum absolute atomic E-state index is 12.4. The molecule has 0 spiro atoms. The fourth-order valence-electron chi connectivity index (χ4n) is 4.05. The summed E-state index contributed by atoms with van der Waals surface area (Å²) < 4.78 is 10.8. The second-order valence-electron chi connectivity index (χ2n) is 9.51. The Morgan fingerprint density at radius 1 is 0.516 bits per heavy atom. The zero-order chi connectivity index (χ0) is 22.6. The number of rotatable bonds is 22. The van der Waals surface area contributed by atoms with Crippen LogP contribution >= 0.6 is 0 Å². The topological polar surface area (TPSA) is 52.6 Å². The summed E-state index contributed by atoms with van der Waals surface area (Å²) in [6.07, 6.45) is 23.4. The highest BCUT2D eigenvalue weighted by atomic mass is 16.6. The van der Waals surface area contributed by atoms with E-state index in [-0.39, 0.29) is 11.9 Å². The molecule has 182 valence electrons. The fraction of sp³-hybridized carbons (Fsp3) is 0.926. The van der Waals surface area contributed by atoms with E-state index in [1.807, 2.05) is 0 Å². The summed E-state index contributed by atoms with van der Waals surface area (Å²) in [4.78, 5) is 24.7. The van der Waals surface area contributed by atoms with Crippen LogP contribution in [0, 0.1) is 5.41 Å². The quantitative estimate of drug-likeness (QED) is 0.0978. The van der Waals surface area contributed by atoms with Crippen LogP contribution < -0.4 is 0 Å². The summed E-state index contributed by atoms with van der Waals surface area (Å²) in [5.74, 6) is -0.715. The highest BCUT2D eigenvalue weighted by Gasteiger charge is 2.59. The summed E-state index contributed by atoms with van der Waals surface area (Å²) in [6.45, 7) is 5.35. The van der Waals surface area contributed by atoms with Crippen LogP contribution in [-0.4, -0.2) is 25.2 Å². The van der Waals surface area contributed by atoms with Gasteiger partial charge in [0.1, 0.15) is 0 Å². The molecule has 0 aromatic carbocycles. The molecular formula is C27H50O4. The molecule has 0 atom stereocenters. The average Bonchev–Trinajstić information content (AvgIpc) is 3.58. The normalized spacial score (nSPS) is 14.4. The van der Waals surface area contributed by atoms with Crippen molar-refractivity contribution < 1.29 is 19.1 Å². The molecular weight excluding hydrogens is 388 g/mol. The van der Waals surface area contributed by atoms with Gasteiger partial charge in [0.05, 0.1) is 13.2 Å². The smallest absolute Gasteiger partial charge is 0.323 e. The lowest BCUT2D eigenvalue weighted by Gasteiger charge is -2.14. The van der Waals surface area contributed by atoms with E-state index in [4.69, 9.17) is 9.47 Å². The molecule has 31 heavy (non-hydrogen) atoms. The largest absolute Gasteiger partial charge is 0.465 e. The molecule has 0 saturated heterocycles. The fourth-order valence-corrected chi connectivity index (χ4v) is 4.05. The van der Waals surface area contributed by atoms with Gasteiger partial charge in [-0.1, -0.05) is 117 Å². The third-order valence-corrected chi connectivity index (χ3v) is 6.49. The summed E-state index contributed by atoms with van der Waals surface area (Å²) >= 11 is 0. The molecule has 0 heterocycles. The summed E-state index contributed by atoms with van der Waals surface area (Å²) in [7, 11) is 0. The summed E-state index contributed by atoms with van der Waals surface area (Å²) in [5, 5.41) is 0. The molecule has 0 radical (unpaired) electrons. The highest BCUT2D eigenvalue weighted by molar-refractivity contribution is 6.03. The standard InChI is InChI=1S/C27H50O4/c1-3-5-7-9-11-13-15-17-19-23-30-25(28)27(21-22-27)26(29)31-24-20-18-16-14-12-10-8-6-4-2/h3-24H2,1-2H3. The summed E-state index contributed by atoms with van der Waals surface area (Å²) in [5.41, 5.74) is -0.974. The van der Waals surface area contributed by atoms with Crippen molar-refractivity contribution in [1.82, 2.24) is 0 Å². The first kappa shape index (κ1) is 28.0. The van der Waals surface area contributed by atoms with Gasteiger partial charge in [0.2, 0.25) is 0 Å². The zero-order valence-electron chi connectivity index (χ0n) is 20.7. The Kier molecular flexibility index (Phi) is 16.7. The minimum Gasteiger partial charge on any atom is -0.465 e. The van der Waals surface area contributed by atoms with Gasteiger partial charge in [-0.05, 0) is 25.7 Å². The Bertz CT molecular complexity index is 418. The Labute approximate surface area is 192 Å². The van der Waals surface area contributed by atoms with Crippen LogP contribution in [0.25, 0.3) is 0 Å². The number of hydrogen-bond donors (Lipinski definition) is 0. The second-order valence-corrected chi connectivity index (χ2v) is 9.51. The first-order valence-electron chi connectivity index (χ1n) is 13.5. The molecule has 1 aliphatic carbocycles. The van der Waals surface area contributed by atoms with Crippen LogP contribution in [0.3, 0.4) is 0 Å². The van der Waals surface area contributed by atoms with Gasteiger partial charge in [-0.2, -0.15) is 0 Å². The summed E-state index contributed by atoms with van der Waals surface area (Å²) in [6, 6.07) is 0. The molecule has 0 unspecified atom stereocenters. The predicted octanol–water partition coefficient (Wildman–Crippen LogP) is 7.91. The van der Waals surface area contributed by atoms with Crippen LogP contribution in [0.15, 0.2) is 0 Å². The van der Waals surface area contributed by atoms with Crippen LogP contribution in [0.5, 0.6) is 0 Å². The molecule has 0 aromatic rings. The number of ether oxygens (including phenoxy) is 2. The molecule has 4 heteroatoms. The van der Waals surface area contributed by atoms with Gasteiger partial charge >= 0.3 is 11.9 Å². The maximum atomic E-state index is 12.4. The zero-order valence-corrected chi connectivity index (χ0v) is 20.7. The van der Waals surface area contributed by atoms with E-state index in [1.165, 1.54) is 89.9 Å².